The van der Waals surface area contributed by atoms with Gasteiger partial charge in [-0.1, -0.05) is 0 Å². The van der Waals surface area contributed by atoms with Gasteiger partial charge in [0.05, 0.1) is 23.8 Å². The van der Waals surface area contributed by atoms with Gasteiger partial charge in [0.15, 0.2) is 5.69 Å². The maximum Gasteiger partial charge on any atom is 0.435 e. The number of nitrogens with zero attached hydrogens (tertiary/aromatic N) is 4. The van der Waals surface area contributed by atoms with Gasteiger partial charge in [-0.25, -0.2) is 0 Å². The molecule has 0 bridgehead atoms. The molecule has 0 saturated carbocycles. The quantitative estimate of drug-likeness (QED) is 0.782. The van der Waals surface area contributed by atoms with Crippen molar-refractivity contribution < 1.29 is 22.7 Å². The Kier molecular flexibility index (Phi) is 5.54. The van der Waals surface area contributed by atoms with Crippen LogP contribution in [0.1, 0.15) is 54.5 Å². The van der Waals surface area contributed by atoms with Gasteiger partial charge < -0.3 is 14.5 Å². The highest BCUT2D eigenvalue weighted by Crippen LogP contribution is 2.35. The second kappa shape index (κ2) is 7.43. The van der Waals surface area contributed by atoms with E-state index in [-0.39, 0.29) is 36.9 Å². The highest BCUT2D eigenvalue weighted by atomic mass is 19.4. The van der Waals surface area contributed by atoms with E-state index in [0.717, 1.165) is 19.4 Å². The van der Waals surface area contributed by atoms with Crippen LogP contribution in [0.4, 0.5) is 13.2 Å². The minimum Gasteiger partial charge on any atom is -0.372 e. The minimum atomic E-state index is -4.68. The van der Waals surface area contributed by atoms with Gasteiger partial charge in [-0.05, 0) is 47.2 Å². The maximum atomic E-state index is 13.7. The second-order valence-electron chi connectivity index (χ2n) is 7.78. The van der Waals surface area contributed by atoms with Crippen LogP contribution in [0.15, 0.2) is 0 Å². The summed E-state index contributed by atoms with van der Waals surface area (Å²) in [7, 11) is 1.94. The first-order chi connectivity index (χ1) is 12.6. The summed E-state index contributed by atoms with van der Waals surface area (Å²) in [4.78, 5) is 16.6. The number of likely N-dealkylation sites (tertiary alicyclic amines) is 1. The average Bonchev–Trinajstić information content (AvgIpc) is 2.91. The van der Waals surface area contributed by atoms with Crippen molar-refractivity contribution in [1.29, 1.82) is 0 Å². The largest absolute Gasteiger partial charge is 0.435 e. The Morgan fingerprint density at radius 2 is 1.81 bits per heavy atom. The van der Waals surface area contributed by atoms with Gasteiger partial charge in [-0.3, -0.25) is 9.48 Å². The summed E-state index contributed by atoms with van der Waals surface area (Å²) in [5.74, 6) is -0.614. The van der Waals surface area contributed by atoms with Crippen LogP contribution in [0, 0.1) is 6.92 Å². The first-order valence-corrected chi connectivity index (χ1v) is 9.37. The average molecular weight is 388 g/mol. The van der Waals surface area contributed by atoms with Gasteiger partial charge in [-0.2, -0.15) is 18.3 Å². The van der Waals surface area contributed by atoms with Crippen molar-refractivity contribution in [2.45, 2.75) is 58.0 Å². The van der Waals surface area contributed by atoms with E-state index in [1.807, 2.05) is 20.9 Å². The zero-order chi connectivity index (χ0) is 19.9. The molecule has 0 spiro atoms. The first kappa shape index (κ1) is 20.1. The number of amides is 1. The minimum absolute atomic E-state index is 0.158. The van der Waals surface area contributed by atoms with Crippen LogP contribution < -0.4 is 0 Å². The van der Waals surface area contributed by atoms with Crippen LogP contribution in [0.2, 0.25) is 0 Å². The highest BCUT2D eigenvalue weighted by Gasteiger charge is 2.43. The van der Waals surface area contributed by atoms with Gasteiger partial charge >= 0.3 is 6.18 Å². The number of aromatic nitrogens is 2. The Morgan fingerprint density at radius 3 is 2.37 bits per heavy atom. The second-order valence-corrected chi connectivity index (χ2v) is 7.78. The van der Waals surface area contributed by atoms with Crippen molar-refractivity contribution in [3.8, 4) is 0 Å². The Bertz CT molecular complexity index is 694. The zero-order valence-electron chi connectivity index (χ0n) is 16.2. The molecule has 27 heavy (non-hydrogen) atoms. The Hall–Kier alpha value is -1.61. The van der Waals surface area contributed by atoms with Crippen molar-refractivity contribution in [1.82, 2.24) is 19.6 Å². The lowest BCUT2D eigenvalue weighted by molar-refractivity contribution is -0.142. The number of hydrogen-bond acceptors (Lipinski definition) is 4. The van der Waals surface area contributed by atoms with Crippen LogP contribution >= 0.6 is 0 Å². The first-order valence-electron chi connectivity index (χ1n) is 9.37. The number of halogens is 3. The van der Waals surface area contributed by atoms with E-state index in [1.54, 1.807) is 6.92 Å². The van der Waals surface area contributed by atoms with E-state index in [1.165, 1.54) is 9.58 Å². The molecule has 2 aliphatic rings. The lowest BCUT2D eigenvalue weighted by Gasteiger charge is -2.35. The van der Waals surface area contributed by atoms with Crippen molar-refractivity contribution in [3.63, 3.8) is 0 Å². The summed E-state index contributed by atoms with van der Waals surface area (Å²) in [5.41, 5.74) is -1.11. The number of carbonyl (C=O) groups is 1. The number of alkyl halides is 3. The number of carbonyl (C=O) groups excluding carboxylic acids is 1. The van der Waals surface area contributed by atoms with Crippen LogP contribution in [0.25, 0.3) is 0 Å². The summed E-state index contributed by atoms with van der Waals surface area (Å²) in [5, 5.41) is 3.88. The van der Waals surface area contributed by atoms with Crippen LogP contribution in [0.3, 0.4) is 0 Å². The molecule has 1 amide bonds. The topological polar surface area (TPSA) is 50.6 Å². The van der Waals surface area contributed by atoms with Gasteiger partial charge in [0, 0.05) is 25.3 Å². The number of rotatable bonds is 2. The molecule has 3 heterocycles. The standard InChI is InChI=1S/C18H27F3N4O2/c1-11-8-24(9-12(2)27-11)17(26)15-13(3)25(22-16(15)18(19,20)21)14-6-5-7-23(4)10-14/h11-12,14H,5-10H2,1-4H3. The Morgan fingerprint density at radius 1 is 1.19 bits per heavy atom. The molecule has 3 rings (SSSR count). The summed E-state index contributed by atoms with van der Waals surface area (Å²) < 4.78 is 48.1. The van der Waals surface area contributed by atoms with Crippen molar-refractivity contribution in [2.24, 2.45) is 0 Å². The van der Waals surface area contributed by atoms with E-state index in [0.29, 0.717) is 12.2 Å². The van der Waals surface area contributed by atoms with Gasteiger partial charge in [0.1, 0.15) is 0 Å². The third-order valence-corrected chi connectivity index (χ3v) is 5.28. The van der Waals surface area contributed by atoms with Crippen molar-refractivity contribution in [3.05, 3.63) is 17.0 Å². The molecule has 1 aromatic rings. The maximum absolute atomic E-state index is 13.7. The highest BCUT2D eigenvalue weighted by molar-refractivity contribution is 5.96. The Labute approximate surface area is 157 Å². The fourth-order valence-electron chi connectivity index (χ4n) is 4.17. The van der Waals surface area contributed by atoms with E-state index < -0.39 is 17.8 Å². The van der Waals surface area contributed by atoms with E-state index in [4.69, 9.17) is 4.74 Å². The van der Waals surface area contributed by atoms with Crippen molar-refractivity contribution >= 4 is 5.91 Å². The molecule has 0 N–H and O–H groups in total. The number of morpholine rings is 1. The van der Waals surface area contributed by atoms with E-state index in [9.17, 15) is 18.0 Å². The fourth-order valence-corrected chi connectivity index (χ4v) is 4.17. The van der Waals surface area contributed by atoms with Gasteiger partial charge in [0.2, 0.25) is 0 Å². The molecule has 3 unspecified atom stereocenters. The fraction of sp³-hybridized carbons (Fsp3) is 0.778. The molecule has 9 heteroatoms. The van der Waals surface area contributed by atoms with Crippen LogP contribution in [-0.4, -0.2) is 70.9 Å². The Balaban J connectivity index is 1.99. The summed E-state index contributed by atoms with van der Waals surface area (Å²) in [6.07, 6.45) is -3.46. The van der Waals surface area contributed by atoms with E-state index >= 15 is 0 Å². The monoisotopic (exact) mass is 388 g/mol. The number of likely N-dealkylation sites (N-methyl/N-ethyl adjacent to an activating group) is 1. The summed E-state index contributed by atoms with van der Waals surface area (Å²) in [6, 6.07) is -0.158. The molecule has 2 saturated heterocycles. The number of piperidine rings is 1. The smallest absolute Gasteiger partial charge is 0.372 e. The molecule has 0 radical (unpaired) electrons. The van der Waals surface area contributed by atoms with Crippen LogP contribution in [-0.2, 0) is 10.9 Å². The third kappa shape index (κ3) is 4.13. The number of ether oxygens (including phenoxy) is 1. The van der Waals surface area contributed by atoms with E-state index in [2.05, 4.69) is 10.00 Å². The molecular weight excluding hydrogens is 361 g/mol. The third-order valence-electron chi connectivity index (χ3n) is 5.28. The van der Waals surface area contributed by atoms with Crippen LogP contribution in [0.5, 0.6) is 0 Å². The molecule has 1 aromatic heterocycles. The summed E-state index contributed by atoms with van der Waals surface area (Å²) in [6.45, 7) is 7.28. The SMILES string of the molecule is Cc1c(C(=O)N2CC(C)OC(C)C2)c(C(F)(F)F)nn1C1CCCN(C)C1. The zero-order valence-corrected chi connectivity index (χ0v) is 16.2. The molecule has 0 aromatic carbocycles. The normalized spacial score (nSPS) is 27.8. The summed E-state index contributed by atoms with van der Waals surface area (Å²) >= 11 is 0. The molecule has 152 valence electrons. The molecule has 2 aliphatic heterocycles. The van der Waals surface area contributed by atoms with Crippen molar-refractivity contribution in [2.75, 3.05) is 33.2 Å². The molecular formula is C18H27F3N4O2. The predicted octanol–water partition coefficient (Wildman–Crippen LogP) is 2.73. The van der Waals surface area contributed by atoms with Gasteiger partial charge in [-0.15, -0.1) is 0 Å². The lowest BCUT2D eigenvalue weighted by atomic mass is 10.1. The predicted molar refractivity (Wildman–Crippen MR) is 93.6 cm³/mol. The lowest BCUT2D eigenvalue weighted by Crippen LogP contribution is -2.48. The molecule has 6 nitrogen and oxygen atoms in total. The molecule has 0 aliphatic carbocycles. The number of hydrogen-bond donors (Lipinski definition) is 0. The van der Waals surface area contributed by atoms with Gasteiger partial charge in [0.25, 0.3) is 5.91 Å². The molecule has 2 fully saturated rings. The molecule has 3 atom stereocenters.